The highest BCUT2D eigenvalue weighted by Gasteiger charge is 2.14. The normalized spacial score (nSPS) is 14.3. The van der Waals surface area contributed by atoms with Crippen molar-refractivity contribution in [2.24, 2.45) is 0 Å². The van der Waals surface area contributed by atoms with E-state index in [0.717, 1.165) is 17.8 Å². The van der Waals surface area contributed by atoms with Crippen molar-refractivity contribution in [3.8, 4) is 11.3 Å². The Morgan fingerprint density at radius 3 is 2.65 bits per heavy atom. The van der Waals surface area contributed by atoms with Gasteiger partial charge in [-0.05, 0) is 12.5 Å². The molecule has 1 aliphatic heterocycles. The molecular weight excluding hydrogens is 212 g/mol. The molecule has 1 aromatic heterocycles. The first-order chi connectivity index (χ1) is 8.25. The van der Waals surface area contributed by atoms with E-state index in [0.29, 0.717) is 6.54 Å². The summed E-state index contributed by atoms with van der Waals surface area (Å²) in [5.41, 5.74) is 3.42. The average molecular weight is 226 g/mol. The molecule has 3 nitrogen and oxygen atoms in total. The fourth-order valence-electron chi connectivity index (χ4n) is 2.26. The molecule has 1 aliphatic rings. The SMILES string of the molecule is CC1=CCn2c(-c3ccccc3)cc(=O)n2C1. The van der Waals surface area contributed by atoms with Crippen LogP contribution in [-0.4, -0.2) is 9.36 Å². The second kappa shape index (κ2) is 3.77. The van der Waals surface area contributed by atoms with Gasteiger partial charge in [-0.3, -0.25) is 9.48 Å². The molecule has 0 saturated heterocycles. The average Bonchev–Trinajstić information content (AvgIpc) is 2.68. The number of aromatic nitrogens is 2. The van der Waals surface area contributed by atoms with Crippen LogP contribution in [0.5, 0.6) is 0 Å². The van der Waals surface area contributed by atoms with Gasteiger partial charge in [-0.2, -0.15) is 0 Å². The highest BCUT2D eigenvalue weighted by Crippen LogP contribution is 2.20. The molecule has 2 aromatic rings. The smallest absolute Gasteiger partial charge is 0.267 e. The van der Waals surface area contributed by atoms with Crippen LogP contribution in [0, 0.1) is 0 Å². The maximum absolute atomic E-state index is 11.9. The number of rotatable bonds is 1. The molecule has 0 fully saturated rings. The number of fused-ring (bicyclic) bond motifs is 1. The monoisotopic (exact) mass is 226 g/mol. The number of hydrogen-bond donors (Lipinski definition) is 0. The Morgan fingerprint density at radius 1 is 1.12 bits per heavy atom. The quantitative estimate of drug-likeness (QED) is 0.685. The third-order valence-electron chi connectivity index (χ3n) is 3.17. The van der Waals surface area contributed by atoms with Crippen molar-refractivity contribution in [2.75, 3.05) is 0 Å². The fraction of sp³-hybridized carbons (Fsp3) is 0.214. The van der Waals surface area contributed by atoms with Gasteiger partial charge in [0.15, 0.2) is 0 Å². The van der Waals surface area contributed by atoms with Crippen molar-refractivity contribution in [1.29, 1.82) is 0 Å². The zero-order valence-electron chi connectivity index (χ0n) is 9.76. The van der Waals surface area contributed by atoms with Gasteiger partial charge < -0.3 is 0 Å². The van der Waals surface area contributed by atoms with Gasteiger partial charge in [0.2, 0.25) is 0 Å². The van der Waals surface area contributed by atoms with Crippen LogP contribution in [0.4, 0.5) is 0 Å². The molecule has 0 aliphatic carbocycles. The lowest BCUT2D eigenvalue weighted by Crippen LogP contribution is -2.26. The van der Waals surface area contributed by atoms with Crippen LogP contribution < -0.4 is 5.56 Å². The van der Waals surface area contributed by atoms with Crippen molar-refractivity contribution in [1.82, 2.24) is 9.36 Å². The first-order valence-electron chi connectivity index (χ1n) is 5.77. The van der Waals surface area contributed by atoms with E-state index in [4.69, 9.17) is 0 Å². The lowest BCUT2D eigenvalue weighted by atomic mass is 10.1. The minimum Gasteiger partial charge on any atom is -0.278 e. The van der Waals surface area contributed by atoms with Gasteiger partial charge in [-0.25, -0.2) is 4.68 Å². The fourth-order valence-corrected chi connectivity index (χ4v) is 2.26. The minimum absolute atomic E-state index is 0.0799. The predicted octanol–water partition coefficient (Wildman–Crippen LogP) is 2.28. The Kier molecular flexibility index (Phi) is 2.25. The van der Waals surface area contributed by atoms with Crippen LogP contribution >= 0.6 is 0 Å². The summed E-state index contributed by atoms with van der Waals surface area (Å²) in [6.07, 6.45) is 2.17. The predicted molar refractivity (Wildman–Crippen MR) is 67.9 cm³/mol. The van der Waals surface area contributed by atoms with E-state index in [1.807, 2.05) is 35.0 Å². The highest BCUT2D eigenvalue weighted by atomic mass is 16.1. The summed E-state index contributed by atoms with van der Waals surface area (Å²) in [4.78, 5) is 11.9. The molecule has 3 heteroatoms. The van der Waals surface area contributed by atoms with Gasteiger partial charge in [0.05, 0.1) is 18.8 Å². The van der Waals surface area contributed by atoms with Gasteiger partial charge in [0.1, 0.15) is 0 Å². The zero-order chi connectivity index (χ0) is 11.8. The van der Waals surface area contributed by atoms with Crippen molar-refractivity contribution in [3.05, 3.63) is 58.4 Å². The molecule has 0 radical (unpaired) electrons. The number of hydrogen-bond acceptors (Lipinski definition) is 1. The van der Waals surface area contributed by atoms with Gasteiger partial charge in [-0.15, -0.1) is 0 Å². The Morgan fingerprint density at radius 2 is 1.88 bits per heavy atom. The second-order valence-corrected chi connectivity index (χ2v) is 4.42. The second-order valence-electron chi connectivity index (χ2n) is 4.42. The molecule has 0 saturated carbocycles. The van der Waals surface area contributed by atoms with Crippen molar-refractivity contribution in [3.63, 3.8) is 0 Å². The summed E-state index contributed by atoms with van der Waals surface area (Å²) in [5.74, 6) is 0. The standard InChI is InChI=1S/C14H14N2O/c1-11-7-8-15-13(9-14(17)16(15)10-11)12-5-3-2-4-6-12/h2-7,9H,8,10H2,1H3. The molecule has 0 spiro atoms. The van der Waals surface area contributed by atoms with Gasteiger partial charge in [-0.1, -0.05) is 42.0 Å². The topological polar surface area (TPSA) is 26.9 Å². The van der Waals surface area contributed by atoms with Crippen LogP contribution in [0.1, 0.15) is 6.92 Å². The number of benzene rings is 1. The maximum Gasteiger partial charge on any atom is 0.267 e. The molecule has 86 valence electrons. The molecule has 3 rings (SSSR count). The van der Waals surface area contributed by atoms with E-state index in [-0.39, 0.29) is 5.56 Å². The van der Waals surface area contributed by atoms with E-state index in [9.17, 15) is 4.79 Å². The minimum atomic E-state index is 0.0799. The van der Waals surface area contributed by atoms with Crippen molar-refractivity contribution >= 4 is 0 Å². The molecule has 1 aromatic carbocycles. The third kappa shape index (κ3) is 1.64. The first kappa shape index (κ1) is 10.1. The lowest BCUT2D eigenvalue weighted by molar-refractivity contribution is 0.483. The van der Waals surface area contributed by atoms with Crippen LogP contribution in [0.2, 0.25) is 0 Å². The summed E-state index contributed by atoms with van der Waals surface area (Å²) in [6.45, 7) is 3.54. The van der Waals surface area contributed by atoms with E-state index in [2.05, 4.69) is 13.0 Å². The number of nitrogens with zero attached hydrogens (tertiary/aromatic N) is 2. The summed E-state index contributed by atoms with van der Waals surface area (Å²) in [5, 5.41) is 0. The molecule has 2 heterocycles. The Balaban J connectivity index is 2.17. The largest absolute Gasteiger partial charge is 0.278 e. The van der Waals surface area contributed by atoms with Crippen LogP contribution in [-0.2, 0) is 13.1 Å². The first-order valence-corrected chi connectivity index (χ1v) is 5.77. The van der Waals surface area contributed by atoms with Gasteiger partial charge in [0, 0.05) is 6.07 Å². The molecule has 17 heavy (non-hydrogen) atoms. The number of allylic oxidation sites excluding steroid dienone is 2. The van der Waals surface area contributed by atoms with E-state index in [1.54, 1.807) is 10.7 Å². The molecule has 0 atom stereocenters. The Labute approximate surface area is 99.6 Å². The molecule has 0 bridgehead atoms. The summed E-state index contributed by atoms with van der Waals surface area (Å²) in [7, 11) is 0. The van der Waals surface area contributed by atoms with Crippen LogP contribution in [0.25, 0.3) is 11.3 Å². The molecular formula is C14H14N2O. The third-order valence-corrected chi connectivity index (χ3v) is 3.17. The van der Waals surface area contributed by atoms with Gasteiger partial charge >= 0.3 is 0 Å². The van der Waals surface area contributed by atoms with Gasteiger partial charge in [0.25, 0.3) is 5.56 Å². The van der Waals surface area contributed by atoms with Crippen molar-refractivity contribution in [2.45, 2.75) is 20.0 Å². The van der Waals surface area contributed by atoms with Crippen molar-refractivity contribution < 1.29 is 0 Å². The molecule has 0 amide bonds. The lowest BCUT2D eigenvalue weighted by Gasteiger charge is -2.18. The van der Waals surface area contributed by atoms with E-state index < -0.39 is 0 Å². The van der Waals surface area contributed by atoms with E-state index >= 15 is 0 Å². The Hall–Kier alpha value is -2.03. The van der Waals surface area contributed by atoms with E-state index in [1.165, 1.54) is 5.57 Å². The van der Waals surface area contributed by atoms with Crippen LogP contribution in [0.15, 0.2) is 52.8 Å². The maximum atomic E-state index is 11.9. The molecule has 0 unspecified atom stereocenters. The zero-order valence-corrected chi connectivity index (χ0v) is 9.76. The van der Waals surface area contributed by atoms with Crippen LogP contribution in [0.3, 0.4) is 0 Å². The summed E-state index contributed by atoms with van der Waals surface area (Å²) < 4.78 is 3.85. The Bertz CT molecular complexity index is 632. The summed E-state index contributed by atoms with van der Waals surface area (Å²) >= 11 is 0. The molecule has 0 N–H and O–H groups in total. The summed E-state index contributed by atoms with van der Waals surface area (Å²) in [6, 6.07) is 11.8. The highest BCUT2D eigenvalue weighted by molar-refractivity contribution is 5.59.